The zero-order valence-electron chi connectivity index (χ0n) is 22.0. The molecule has 0 amide bonds. The first kappa shape index (κ1) is 32.0. The summed E-state index contributed by atoms with van der Waals surface area (Å²) in [5, 5.41) is 0. The third-order valence-corrected chi connectivity index (χ3v) is 5.16. The highest BCUT2D eigenvalue weighted by atomic mass is 16.6. The van der Waals surface area contributed by atoms with Crippen molar-refractivity contribution in [3.8, 4) is 0 Å². The first-order valence-electron chi connectivity index (χ1n) is 13.0. The standard InChI is InChI=1S/C27H44O9/c1-3-5-9-24(4-2)26(28)35-22-20-33-18-16-31-14-12-30-13-15-32-17-19-34-21-23-36-27(29)25-10-7-6-8-11-25/h6-8,10-11,24H,3-5,9,12-23H2,1-2H3. The molecule has 0 saturated heterocycles. The molecule has 9 nitrogen and oxygen atoms in total. The predicted molar refractivity (Wildman–Crippen MR) is 135 cm³/mol. The van der Waals surface area contributed by atoms with Gasteiger partial charge in [0.1, 0.15) is 13.2 Å². The second-order valence-electron chi connectivity index (χ2n) is 7.98. The van der Waals surface area contributed by atoms with Crippen molar-refractivity contribution in [3.05, 3.63) is 35.9 Å². The summed E-state index contributed by atoms with van der Waals surface area (Å²) in [6.45, 7) is 8.94. The lowest BCUT2D eigenvalue weighted by Gasteiger charge is -2.13. The van der Waals surface area contributed by atoms with Crippen molar-refractivity contribution in [2.45, 2.75) is 39.5 Å². The third kappa shape index (κ3) is 17.4. The molecule has 0 aromatic heterocycles. The summed E-state index contributed by atoms with van der Waals surface area (Å²) in [6, 6.07) is 8.84. The number of carbonyl (C=O) groups is 2. The molecule has 0 heterocycles. The molecule has 0 spiro atoms. The van der Waals surface area contributed by atoms with Gasteiger partial charge in [-0.25, -0.2) is 4.79 Å². The van der Waals surface area contributed by atoms with Crippen molar-refractivity contribution in [2.24, 2.45) is 5.92 Å². The molecule has 9 heteroatoms. The topological polar surface area (TPSA) is 98.8 Å². The number of rotatable bonds is 24. The van der Waals surface area contributed by atoms with Gasteiger partial charge in [-0.3, -0.25) is 4.79 Å². The number of benzene rings is 1. The fourth-order valence-electron chi connectivity index (χ4n) is 3.09. The third-order valence-electron chi connectivity index (χ3n) is 5.16. The molecule has 36 heavy (non-hydrogen) atoms. The molecule has 1 atom stereocenters. The molecule has 0 aliphatic heterocycles. The maximum atomic E-state index is 12.0. The van der Waals surface area contributed by atoms with E-state index in [2.05, 4.69) is 6.92 Å². The van der Waals surface area contributed by atoms with E-state index >= 15 is 0 Å². The summed E-state index contributed by atoms with van der Waals surface area (Å²) >= 11 is 0. The van der Waals surface area contributed by atoms with E-state index in [4.69, 9.17) is 33.2 Å². The molecule has 1 aromatic carbocycles. The number of carbonyl (C=O) groups excluding carboxylic acids is 2. The Morgan fingerprint density at radius 2 is 1.08 bits per heavy atom. The van der Waals surface area contributed by atoms with Crippen LogP contribution in [0.25, 0.3) is 0 Å². The van der Waals surface area contributed by atoms with Crippen LogP contribution in [0.3, 0.4) is 0 Å². The summed E-state index contributed by atoms with van der Waals surface area (Å²) in [5.74, 6) is -0.484. The second-order valence-corrected chi connectivity index (χ2v) is 7.98. The van der Waals surface area contributed by atoms with Gasteiger partial charge in [-0.05, 0) is 25.0 Å². The van der Waals surface area contributed by atoms with Crippen molar-refractivity contribution in [1.29, 1.82) is 0 Å². The summed E-state index contributed by atoms with van der Waals surface area (Å²) in [4.78, 5) is 23.7. The molecular weight excluding hydrogens is 468 g/mol. The molecule has 0 saturated carbocycles. The average Bonchev–Trinajstić information content (AvgIpc) is 2.90. The van der Waals surface area contributed by atoms with Crippen LogP contribution in [0.15, 0.2) is 30.3 Å². The van der Waals surface area contributed by atoms with Gasteiger partial charge in [-0.2, -0.15) is 0 Å². The molecule has 0 N–H and O–H groups in total. The van der Waals surface area contributed by atoms with Crippen LogP contribution in [0.5, 0.6) is 0 Å². The van der Waals surface area contributed by atoms with E-state index in [-0.39, 0.29) is 31.1 Å². The SMILES string of the molecule is CCCCC(CC)C(=O)OCCOCCOCCOCCOCCOCCOC(=O)c1ccccc1. The highest BCUT2D eigenvalue weighted by Crippen LogP contribution is 2.14. The largest absolute Gasteiger partial charge is 0.463 e. The van der Waals surface area contributed by atoms with E-state index in [1.807, 2.05) is 13.0 Å². The quantitative estimate of drug-likeness (QED) is 0.152. The zero-order chi connectivity index (χ0) is 26.1. The average molecular weight is 513 g/mol. The molecular formula is C27H44O9. The van der Waals surface area contributed by atoms with Crippen LogP contribution < -0.4 is 0 Å². The maximum absolute atomic E-state index is 12.0. The Bertz CT molecular complexity index is 654. The van der Waals surface area contributed by atoms with E-state index in [0.717, 1.165) is 25.7 Å². The number of hydrogen-bond acceptors (Lipinski definition) is 9. The van der Waals surface area contributed by atoms with Gasteiger partial charge in [-0.15, -0.1) is 0 Å². The summed E-state index contributed by atoms with van der Waals surface area (Å²) in [5.41, 5.74) is 0.525. The van der Waals surface area contributed by atoms with Crippen LogP contribution in [0.1, 0.15) is 49.9 Å². The van der Waals surface area contributed by atoms with Crippen molar-refractivity contribution in [1.82, 2.24) is 0 Å². The summed E-state index contributed by atoms with van der Waals surface area (Å²) in [6.07, 6.45) is 3.83. The molecule has 1 aromatic rings. The number of ether oxygens (including phenoxy) is 7. The highest BCUT2D eigenvalue weighted by molar-refractivity contribution is 5.89. The minimum atomic E-state index is -0.356. The molecule has 0 radical (unpaired) electrons. The Morgan fingerprint density at radius 1 is 0.639 bits per heavy atom. The van der Waals surface area contributed by atoms with Crippen molar-refractivity contribution in [3.63, 3.8) is 0 Å². The predicted octanol–water partition coefficient (Wildman–Crippen LogP) is 3.69. The molecule has 0 fully saturated rings. The minimum Gasteiger partial charge on any atom is -0.463 e. The van der Waals surface area contributed by atoms with Crippen molar-refractivity contribution in [2.75, 3.05) is 79.3 Å². The fourth-order valence-corrected chi connectivity index (χ4v) is 3.09. The Hall–Kier alpha value is -2.04. The van der Waals surface area contributed by atoms with Crippen LogP contribution in [0, 0.1) is 5.92 Å². The maximum Gasteiger partial charge on any atom is 0.338 e. The smallest absolute Gasteiger partial charge is 0.338 e. The van der Waals surface area contributed by atoms with Gasteiger partial charge in [0.2, 0.25) is 0 Å². The van der Waals surface area contributed by atoms with E-state index in [1.165, 1.54) is 0 Å². The molecule has 0 aliphatic carbocycles. The first-order chi connectivity index (χ1) is 17.7. The lowest BCUT2D eigenvalue weighted by molar-refractivity contribution is -0.150. The molecule has 1 rings (SSSR count). The van der Waals surface area contributed by atoms with Crippen LogP contribution in [0.2, 0.25) is 0 Å². The Balaban J connectivity index is 1.77. The van der Waals surface area contributed by atoms with Gasteiger partial charge in [0.15, 0.2) is 0 Å². The summed E-state index contributed by atoms with van der Waals surface area (Å²) in [7, 11) is 0. The molecule has 1 unspecified atom stereocenters. The van der Waals surface area contributed by atoms with E-state index in [1.54, 1.807) is 24.3 Å². The molecule has 206 valence electrons. The van der Waals surface area contributed by atoms with Crippen LogP contribution in [-0.2, 0) is 38.0 Å². The Morgan fingerprint density at radius 3 is 1.53 bits per heavy atom. The highest BCUT2D eigenvalue weighted by Gasteiger charge is 2.16. The summed E-state index contributed by atoms with van der Waals surface area (Å²) < 4.78 is 37.5. The van der Waals surface area contributed by atoms with Gasteiger partial charge in [0.25, 0.3) is 0 Å². The van der Waals surface area contributed by atoms with E-state index in [9.17, 15) is 9.59 Å². The van der Waals surface area contributed by atoms with Crippen molar-refractivity contribution < 1.29 is 42.7 Å². The van der Waals surface area contributed by atoms with Crippen LogP contribution in [-0.4, -0.2) is 91.2 Å². The number of esters is 2. The van der Waals surface area contributed by atoms with E-state index < -0.39 is 0 Å². The van der Waals surface area contributed by atoms with E-state index in [0.29, 0.717) is 71.6 Å². The Kier molecular flexibility index (Phi) is 20.8. The second kappa shape index (κ2) is 23.4. The number of unbranched alkanes of at least 4 members (excludes halogenated alkanes) is 1. The van der Waals surface area contributed by atoms with Gasteiger partial charge in [-0.1, -0.05) is 44.9 Å². The monoisotopic (exact) mass is 512 g/mol. The van der Waals surface area contributed by atoms with Crippen molar-refractivity contribution >= 4 is 11.9 Å². The van der Waals surface area contributed by atoms with Gasteiger partial charge in [0.05, 0.1) is 77.6 Å². The normalized spacial score (nSPS) is 11.8. The molecule has 0 bridgehead atoms. The zero-order valence-corrected chi connectivity index (χ0v) is 22.0. The Labute approximate surface area is 215 Å². The van der Waals surface area contributed by atoms with Crippen LogP contribution in [0.4, 0.5) is 0 Å². The van der Waals surface area contributed by atoms with Gasteiger partial charge < -0.3 is 33.2 Å². The lowest BCUT2D eigenvalue weighted by atomic mass is 10.00. The van der Waals surface area contributed by atoms with Gasteiger partial charge in [0, 0.05) is 0 Å². The minimum absolute atomic E-state index is 0.00413. The van der Waals surface area contributed by atoms with Crippen LogP contribution >= 0.6 is 0 Å². The number of hydrogen-bond donors (Lipinski definition) is 0. The fraction of sp³-hybridized carbons (Fsp3) is 0.704. The van der Waals surface area contributed by atoms with Gasteiger partial charge >= 0.3 is 11.9 Å². The first-order valence-corrected chi connectivity index (χ1v) is 13.0. The molecule has 0 aliphatic rings. The lowest BCUT2D eigenvalue weighted by Crippen LogP contribution is -2.20.